The van der Waals surface area contributed by atoms with Crippen LogP contribution in [0.4, 0.5) is 9.59 Å². The first kappa shape index (κ1) is 25.2. The van der Waals surface area contributed by atoms with Crippen molar-refractivity contribution >= 4 is 18.0 Å². The molecule has 2 bridgehead atoms. The van der Waals surface area contributed by atoms with Crippen LogP contribution < -0.4 is 5.32 Å². The van der Waals surface area contributed by atoms with Gasteiger partial charge in [0.25, 0.3) is 0 Å². The van der Waals surface area contributed by atoms with Crippen LogP contribution in [0, 0.1) is 0 Å². The summed E-state index contributed by atoms with van der Waals surface area (Å²) in [5.41, 5.74) is 0.0984. The summed E-state index contributed by atoms with van der Waals surface area (Å²) in [6, 6.07) is 9.37. The van der Waals surface area contributed by atoms with Gasteiger partial charge in [0.05, 0.1) is 18.0 Å². The summed E-state index contributed by atoms with van der Waals surface area (Å²) >= 11 is 0. The van der Waals surface area contributed by atoms with Crippen LogP contribution in [0.2, 0.25) is 0 Å². The molecule has 11 nitrogen and oxygen atoms in total. The van der Waals surface area contributed by atoms with Gasteiger partial charge in [-0.05, 0) is 58.9 Å². The highest BCUT2D eigenvalue weighted by molar-refractivity contribution is 5.93. The number of nitrogens with one attached hydrogen (secondary N) is 1. The number of fused-ring (bicyclic) bond motifs is 2. The number of piperidine rings is 1. The lowest BCUT2D eigenvalue weighted by atomic mass is 10.0. The summed E-state index contributed by atoms with van der Waals surface area (Å²) in [6.07, 6.45) is 2.73. The Hall–Kier alpha value is -3.47. The van der Waals surface area contributed by atoms with Gasteiger partial charge in [-0.1, -0.05) is 30.3 Å². The monoisotopic (exact) mass is 510 g/mol. The third kappa shape index (κ3) is 5.61. The molecular weight excluding hydrogens is 476 g/mol. The van der Waals surface area contributed by atoms with Gasteiger partial charge in [0, 0.05) is 6.54 Å². The van der Waals surface area contributed by atoms with Crippen LogP contribution in [-0.2, 0) is 21.6 Å². The van der Waals surface area contributed by atoms with Crippen LogP contribution in [0.25, 0.3) is 0 Å². The molecule has 1 saturated carbocycles. The zero-order chi connectivity index (χ0) is 26.2. The molecule has 2 aliphatic heterocycles. The average molecular weight is 511 g/mol. The lowest BCUT2D eigenvalue weighted by Gasteiger charge is -2.27. The minimum Gasteiger partial charge on any atom is -0.444 e. The number of hydroxylamine groups is 2. The van der Waals surface area contributed by atoms with Crippen molar-refractivity contribution < 1.29 is 23.6 Å². The first-order valence-corrected chi connectivity index (χ1v) is 12.8. The second-order valence-corrected chi connectivity index (χ2v) is 11.0. The molecule has 3 heterocycles. The van der Waals surface area contributed by atoms with Crippen LogP contribution in [-0.4, -0.2) is 62.9 Å². The first-order chi connectivity index (χ1) is 17.6. The Labute approximate surface area is 216 Å². The maximum Gasteiger partial charge on any atom is 0.413 e. The smallest absolute Gasteiger partial charge is 0.413 e. The van der Waals surface area contributed by atoms with Crippen molar-refractivity contribution in [3.05, 3.63) is 47.7 Å². The number of carbonyl (C=O) groups excluding carboxylic acids is 2. The van der Waals surface area contributed by atoms with Crippen molar-refractivity contribution in [2.45, 2.75) is 83.1 Å². The van der Waals surface area contributed by atoms with E-state index in [0.717, 1.165) is 31.2 Å². The number of aliphatic imine (C=N–C) groups is 1. The predicted molar refractivity (Wildman–Crippen MR) is 133 cm³/mol. The Bertz CT molecular complexity index is 1170. The zero-order valence-corrected chi connectivity index (χ0v) is 21.8. The molecule has 0 unspecified atom stereocenters. The fourth-order valence-electron chi connectivity index (χ4n) is 4.71. The van der Waals surface area contributed by atoms with Crippen LogP contribution in [0.5, 0.6) is 0 Å². The van der Waals surface area contributed by atoms with Gasteiger partial charge in [-0.2, -0.15) is 5.06 Å². The van der Waals surface area contributed by atoms with Gasteiger partial charge in [-0.25, -0.2) is 9.59 Å². The molecule has 5 rings (SSSR count). The van der Waals surface area contributed by atoms with E-state index in [4.69, 9.17) is 14.0 Å². The van der Waals surface area contributed by atoms with Crippen LogP contribution in [0.3, 0.4) is 0 Å². The van der Waals surface area contributed by atoms with Crippen molar-refractivity contribution in [2.24, 2.45) is 4.99 Å². The molecule has 0 spiro atoms. The minimum atomic E-state index is -0.580. The molecule has 3 fully saturated rings. The highest BCUT2D eigenvalue weighted by Gasteiger charge is 2.51. The Balaban J connectivity index is 1.20. The number of alkyl carbamates (subject to hydrolysis) is 1. The van der Waals surface area contributed by atoms with Gasteiger partial charge in [-0.15, -0.1) is 10.2 Å². The van der Waals surface area contributed by atoms with E-state index in [1.54, 1.807) is 11.8 Å². The number of ether oxygens (including phenoxy) is 1. The predicted octanol–water partition coefficient (Wildman–Crippen LogP) is 4.12. The van der Waals surface area contributed by atoms with E-state index in [-0.39, 0.29) is 23.5 Å². The van der Waals surface area contributed by atoms with Crippen LogP contribution in [0.15, 0.2) is 39.7 Å². The summed E-state index contributed by atoms with van der Waals surface area (Å²) < 4.78 is 11.4. The molecule has 37 heavy (non-hydrogen) atoms. The third-order valence-electron chi connectivity index (χ3n) is 6.87. The highest BCUT2D eigenvalue weighted by atomic mass is 16.7. The second-order valence-electron chi connectivity index (χ2n) is 11.0. The fourth-order valence-corrected chi connectivity index (χ4v) is 4.71. The Morgan fingerprint density at radius 1 is 1.22 bits per heavy atom. The van der Waals surface area contributed by atoms with E-state index in [9.17, 15) is 9.59 Å². The fraction of sp³-hybridized carbons (Fsp3) is 0.577. The number of urea groups is 1. The van der Waals surface area contributed by atoms with Crippen molar-refractivity contribution in [2.75, 3.05) is 13.1 Å². The summed E-state index contributed by atoms with van der Waals surface area (Å²) in [6.45, 7) is 8.49. The summed E-state index contributed by atoms with van der Waals surface area (Å²) in [7, 11) is 0. The quantitative estimate of drug-likeness (QED) is 0.439. The Kier molecular flexibility index (Phi) is 6.65. The molecule has 1 aliphatic carbocycles. The summed E-state index contributed by atoms with van der Waals surface area (Å²) in [5.74, 6) is 1.45. The second kappa shape index (κ2) is 9.77. The summed E-state index contributed by atoms with van der Waals surface area (Å²) in [5, 5.41) is 12.8. The minimum absolute atomic E-state index is 0.0133. The van der Waals surface area contributed by atoms with Gasteiger partial charge >= 0.3 is 12.1 Å². The maximum atomic E-state index is 13.1. The molecular formula is C26H34N6O5. The standard InChI is InChI=1S/C26H34N6O5/c1-17(28-23(33)37-25(2,3)4)27-16-26(12-13-26)22-30-29-21(36-22)20-11-10-19-14-31(20)24(34)32(19)35-15-18-8-6-5-7-9-18/h5-9,19-20H,10-16H2,1-4H3,(H,27,28,33)/t19-,20+/m1/s1. The molecule has 3 aliphatic rings. The average Bonchev–Trinajstić information content (AvgIpc) is 3.40. The molecule has 1 aromatic heterocycles. The van der Waals surface area contributed by atoms with Crippen molar-refractivity contribution in [3.63, 3.8) is 0 Å². The van der Waals surface area contributed by atoms with Gasteiger partial charge < -0.3 is 14.1 Å². The van der Waals surface area contributed by atoms with Crippen LogP contribution in [0.1, 0.15) is 76.8 Å². The van der Waals surface area contributed by atoms with Crippen molar-refractivity contribution in [3.8, 4) is 0 Å². The summed E-state index contributed by atoms with van der Waals surface area (Å²) in [4.78, 5) is 37.3. The molecule has 3 amide bonds. The van der Waals surface area contributed by atoms with Crippen molar-refractivity contribution in [1.29, 1.82) is 0 Å². The number of aromatic nitrogens is 2. The largest absolute Gasteiger partial charge is 0.444 e. The van der Waals surface area contributed by atoms with E-state index in [2.05, 4.69) is 20.5 Å². The van der Waals surface area contributed by atoms with E-state index < -0.39 is 11.7 Å². The van der Waals surface area contributed by atoms with Crippen LogP contribution >= 0.6 is 0 Å². The Morgan fingerprint density at radius 2 is 1.97 bits per heavy atom. The molecule has 2 atom stereocenters. The molecule has 1 aromatic carbocycles. The molecule has 2 saturated heterocycles. The number of hydrogen-bond acceptors (Lipinski definition) is 8. The molecule has 0 radical (unpaired) electrons. The SMILES string of the molecule is CC(=NCC1(c2nnc([C@@H]3CC[C@@H]4CN3C(=O)N4OCc3ccccc3)o2)CC1)NC(=O)OC(C)(C)C. The molecule has 1 N–H and O–H groups in total. The molecule has 198 valence electrons. The van der Waals surface area contributed by atoms with Crippen molar-refractivity contribution in [1.82, 2.24) is 25.5 Å². The normalized spacial score (nSPS) is 22.8. The number of amides is 3. The van der Waals surface area contributed by atoms with E-state index in [1.807, 2.05) is 51.1 Å². The van der Waals surface area contributed by atoms with Gasteiger partial charge in [0.15, 0.2) is 0 Å². The molecule has 11 heteroatoms. The third-order valence-corrected chi connectivity index (χ3v) is 6.87. The lowest BCUT2D eigenvalue weighted by molar-refractivity contribution is -0.140. The number of carbonyl (C=O) groups is 2. The number of rotatable bonds is 7. The van der Waals surface area contributed by atoms with Gasteiger partial charge in [0.1, 0.15) is 24.1 Å². The maximum absolute atomic E-state index is 13.1. The highest BCUT2D eigenvalue weighted by Crippen LogP contribution is 2.48. The number of benzene rings is 1. The first-order valence-electron chi connectivity index (χ1n) is 12.8. The van der Waals surface area contributed by atoms with E-state index in [0.29, 0.717) is 37.3 Å². The zero-order valence-electron chi connectivity index (χ0n) is 21.8. The van der Waals surface area contributed by atoms with E-state index >= 15 is 0 Å². The van der Waals surface area contributed by atoms with E-state index in [1.165, 1.54) is 5.06 Å². The number of hydrogen-bond donors (Lipinski definition) is 1. The van der Waals surface area contributed by atoms with Gasteiger partial charge in [-0.3, -0.25) is 15.1 Å². The Morgan fingerprint density at radius 3 is 2.68 bits per heavy atom. The lowest BCUT2D eigenvalue weighted by Crippen LogP contribution is -2.35. The van der Waals surface area contributed by atoms with Gasteiger partial charge in [0.2, 0.25) is 11.8 Å². The molecule has 2 aromatic rings. The number of nitrogens with zero attached hydrogens (tertiary/aromatic N) is 5. The topological polar surface area (TPSA) is 122 Å². The number of amidine groups is 1.